The van der Waals surface area contributed by atoms with Gasteiger partial charge in [0.2, 0.25) is 5.91 Å². The summed E-state index contributed by atoms with van der Waals surface area (Å²) in [7, 11) is 1.70. The van der Waals surface area contributed by atoms with Gasteiger partial charge in [0.05, 0.1) is 7.11 Å². The number of benzene rings is 2. The summed E-state index contributed by atoms with van der Waals surface area (Å²) in [6, 6.07) is 16.7. The van der Waals surface area contributed by atoms with Crippen molar-refractivity contribution < 1.29 is 9.53 Å². The molecule has 1 N–H and O–H groups in total. The number of carbonyl (C=O) groups excluding carboxylic acids is 1. The lowest BCUT2D eigenvalue weighted by Gasteiger charge is -2.31. The van der Waals surface area contributed by atoms with Gasteiger partial charge in [0.25, 0.3) is 0 Å². The maximum absolute atomic E-state index is 12.4. The number of aryl methyl sites for hydroxylation is 1. The molecular formula is C23H30N2O2S. The second-order valence-corrected chi connectivity index (χ2v) is 8.52. The van der Waals surface area contributed by atoms with Gasteiger partial charge in [-0.1, -0.05) is 29.8 Å². The van der Waals surface area contributed by atoms with Gasteiger partial charge < -0.3 is 10.1 Å². The molecule has 1 aliphatic rings. The number of thioether (sulfide) groups is 1. The Morgan fingerprint density at radius 1 is 1.18 bits per heavy atom. The zero-order chi connectivity index (χ0) is 19.8. The highest BCUT2D eigenvalue weighted by Crippen LogP contribution is 2.21. The van der Waals surface area contributed by atoms with Crippen molar-refractivity contribution >= 4 is 17.7 Å². The van der Waals surface area contributed by atoms with Gasteiger partial charge in [0.1, 0.15) is 5.75 Å². The highest BCUT2D eigenvalue weighted by molar-refractivity contribution is 7.99. The van der Waals surface area contributed by atoms with Crippen LogP contribution in [-0.4, -0.2) is 43.3 Å². The number of carbonyl (C=O) groups is 1. The van der Waals surface area contributed by atoms with Crippen LogP contribution in [0.15, 0.2) is 53.4 Å². The minimum absolute atomic E-state index is 0.144. The second kappa shape index (κ2) is 10.5. The van der Waals surface area contributed by atoms with Crippen LogP contribution < -0.4 is 10.1 Å². The van der Waals surface area contributed by atoms with Crippen molar-refractivity contribution in [2.45, 2.75) is 31.2 Å². The molecule has 0 saturated carbocycles. The van der Waals surface area contributed by atoms with Crippen LogP contribution in [-0.2, 0) is 11.3 Å². The third-order valence-corrected chi connectivity index (χ3v) is 6.20. The lowest BCUT2D eigenvalue weighted by molar-refractivity contribution is -0.126. The molecule has 28 heavy (non-hydrogen) atoms. The first-order valence-electron chi connectivity index (χ1n) is 9.96. The van der Waals surface area contributed by atoms with Gasteiger partial charge in [-0.25, -0.2) is 0 Å². The number of ether oxygens (including phenoxy) is 1. The first-order chi connectivity index (χ1) is 13.6. The minimum Gasteiger partial charge on any atom is -0.497 e. The van der Waals surface area contributed by atoms with Crippen LogP contribution in [0.3, 0.4) is 0 Å². The van der Waals surface area contributed by atoms with Crippen molar-refractivity contribution in [3.8, 4) is 5.75 Å². The van der Waals surface area contributed by atoms with Crippen LogP contribution in [0.4, 0.5) is 0 Å². The third-order valence-electron chi connectivity index (χ3n) is 5.19. The van der Waals surface area contributed by atoms with E-state index in [1.807, 2.05) is 12.1 Å². The van der Waals surface area contributed by atoms with E-state index in [1.54, 1.807) is 18.9 Å². The number of methoxy groups -OCH3 is 1. The molecule has 0 aromatic heterocycles. The molecule has 0 aliphatic carbocycles. The average molecular weight is 399 g/mol. The molecule has 1 aliphatic heterocycles. The van der Waals surface area contributed by atoms with E-state index in [-0.39, 0.29) is 11.8 Å². The molecule has 5 heteroatoms. The van der Waals surface area contributed by atoms with Crippen molar-refractivity contribution in [2.75, 3.05) is 32.5 Å². The Balaban J connectivity index is 1.34. The second-order valence-electron chi connectivity index (χ2n) is 7.35. The largest absolute Gasteiger partial charge is 0.497 e. The standard InChI is InChI=1S/C23H30N2O2S/c1-18-6-8-22(9-7-18)28-15-12-24-23(26)20-10-13-25(14-11-20)17-19-4-3-5-21(16-19)27-2/h3-9,16,20H,10-15,17H2,1-2H3,(H,24,26). The predicted molar refractivity (Wildman–Crippen MR) is 116 cm³/mol. The van der Waals surface area contributed by atoms with E-state index in [2.05, 4.69) is 53.5 Å². The molecule has 1 fully saturated rings. The normalized spacial score (nSPS) is 15.4. The topological polar surface area (TPSA) is 41.6 Å². The van der Waals surface area contributed by atoms with Crippen molar-refractivity contribution in [1.82, 2.24) is 10.2 Å². The fraction of sp³-hybridized carbons (Fsp3) is 0.435. The molecule has 3 rings (SSSR count). The lowest BCUT2D eigenvalue weighted by atomic mass is 9.95. The van der Waals surface area contributed by atoms with E-state index in [1.165, 1.54) is 16.0 Å². The predicted octanol–water partition coefficient (Wildman–Crippen LogP) is 4.12. The van der Waals surface area contributed by atoms with Crippen LogP contribution in [0.5, 0.6) is 5.75 Å². The average Bonchev–Trinajstić information content (AvgIpc) is 2.73. The number of piperidine rings is 1. The monoisotopic (exact) mass is 398 g/mol. The smallest absolute Gasteiger partial charge is 0.223 e. The van der Waals surface area contributed by atoms with Crippen LogP contribution in [0.25, 0.3) is 0 Å². The summed E-state index contributed by atoms with van der Waals surface area (Å²) in [5, 5.41) is 3.12. The molecule has 150 valence electrons. The summed E-state index contributed by atoms with van der Waals surface area (Å²) < 4.78 is 5.30. The van der Waals surface area contributed by atoms with Gasteiger partial charge in [-0.05, 0) is 62.7 Å². The molecule has 0 unspecified atom stereocenters. The van der Waals surface area contributed by atoms with E-state index < -0.39 is 0 Å². The van der Waals surface area contributed by atoms with Gasteiger partial charge in [-0.3, -0.25) is 9.69 Å². The summed E-state index contributed by atoms with van der Waals surface area (Å²) in [6.07, 6.45) is 1.86. The Morgan fingerprint density at radius 3 is 2.64 bits per heavy atom. The molecule has 0 bridgehead atoms. The van der Waals surface area contributed by atoms with E-state index in [9.17, 15) is 4.79 Å². The molecule has 1 saturated heterocycles. The number of rotatable bonds is 8. The van der Waals surface area contributed by atoms with Gasteiger partial charge in [0, 0.05) is 29.7 Å². The van der Waals surface area contributed by atoms with Gasteiger partial charge in [-0.2, -0.15) is 0 Å². The minimum atomic E-state index is 0.144. The van der Waals surface area contributed by atoms with Crippen molar-refractivity contribution in [1.29, 1.82) is 0 Å². The summed E-state index contributed by atoms with van der Waals surface area (Å²) in [5.74, 6) is 2.16. The van der Waals surface area contributed by atoms with Crippen molar-refractivity contribution in [3.63, 3.8) is 0 Å². The molecule has 1 heterocycles. The molecule has 1 amide bonds. The van der Waals surface area contributed by atoms with Gasteiger partial charge in [0.15, 0.2) is 0 Å². The summed E-state index contributed by atoms with van der Waals surface area (Å²) in [4.78, 5) is 16.1. The van der Waals surface area contributed by atoms with E-state index >= 15 is 0 Å². The third kappa shape index (κ3) is 6.28. The number of hydrogen-bond donors (Lipinski definition) is 1. The first-order valence-corrected chi connectivity index (χ1v) is 10.9. The molecule has 4 nitrogen and oxygen atoms in total. The number of nitrogens with zero attached hydrogens (tertiary/aromatic N) is 1. The maximum atomic E-state index is 12.4. The molecule has 0 atom stereocenters. The van der Waals surface area contributed by atoms with E-state index in [0.29, 0.717) is 0 Å². The van der Waals surface area contributed by atoms with Crippen molar-refractivity contribution in [2.24, 2.45) is 5.92 Å². The quantitative estimate of drug-likeness (QED) is 0.536. The van der Waals surface area contributed by atoms with Gasteiger partial charge in [-0.15, -0.1) is 11.8 Å². The fourth-order valence-corrected chi connectivity index (χ4v) is 4.27. The molecule has 0 spiro atoms. The van der Waals surface area contributed by atoms with Gasteiger partial charge >= 0.3 is 0 Å². The highest BCUT2D eigenvalue weighted by Gasteiger charge is 2.24. The zero-order valence-corrected chi connectivity index (χ0v) is 17.6. The first kappa shape index (κ1) is 20.7. The number of nitrogens with one attached hydrogen (secondary N) is 1. The number of hydrogen-bond acceptors (Lipinski definition) is 4. The van der Waals surface area contributed by atoms with E-state index in [0.717, 1.165) is 50.5 Å². The number of likely N-dealkylation sites (tertiary alicyclic amines) is 1. The fourth-order valence-electron chi connectivity index (χ4n) is 3.50. The van der Waals surface area contributed by atoms with Crippen LogP contribution in [0.2, 0.25) is 0 Å². The molecule has 2 aromatic rings. The Hall–Kier alpha value is -1.98. The van der Waals surface area contributed by atoms with Crippen LogP contribution in [0, 0.1) is 12.8 Å². The lowest BCUT2D eigenvalue weighted by Crippen LogP contribution is -2.40. The Labute approximate surface area is 172 Å². The maximum Gasteiger partial charge on any atom is 0.223 e. The molecule has 0 radical (unpaired) electrons. The van der Waals surface area contributed by atoms with Crippen LogP contribution >= 0.6 is 11.8 Å². The molecular weight excluding hydrogens is 368 g/mol. The Kier molecular flexibility index (Phi) is 7.80. The number of amides is 1. The highest BCUT2D eigenvalue weighted by atomic mass is 32.2. The zero-order valence-electron chi connectivity index (χ0n) is 16.8. The van der Waals surface area contributed by atoms with E-state index in [4.69, 9.17) is 4.74 Å². The summed E-state index contributed by atoms with van der Waals surface area (Å²) in [5.41, 5.74) is 2.53. The Bertz CT molecular complexity index is 755. The Morgan fingerprint density at radius 2 is 1.93 bits per heavy atom. The summed E-state index contributed by atoms with van der Waals surface area (Å²) in [6.45, 7) is 5.66. The molecule has 2 aromatic carbocycles. The van der Waals surface area contributed by atoms with Crippen LogP contribution in [0.1, 0.15) is 24.0 Å². The SMILES string of the molecule is COc1cccc(CN2CCC(C(=O)NCCSc3ccc(C)cc3)CC2)c1. The summed E-state index contributed by atoms with van der Waals surface area (Å²) >= 11 is 1.79. The van der Waals surface area contributed by atoms with Crippen molar-refractivity contribution in [3.05, 3.63) is 59.7 Å².